The van der Waals surface area contributed by atoms with Crippen LogP contribution in [0.25, 0.3) is 0 Å². The van der Waals surface area contributed by atoms with Crippen LogP contribution in [0.2, 0.25) is 0 Å². The number of aromatic nitrogens is 1. The van der Waals surface area contributed by atoms with Crippen LogP contribution >= 0.6 is 0 Å². The lowest BCUT2D eigenvalue weighted by molar-refractivity contribution is 0.0823. The number of hydrogen-bond acceptors (Lipinski definition) is 4. The zero-order chi connectivity index (χ0) is 13.3. The van der Waals surface area contributed by atoms with Crippen LogP contribution in [0.3, 0.4) is 0 Å². The SMILES string of the molecule is CN(C)C(=O)c1ccc(N2CCC(C)(O)C2)nc1. The van der Waals surface area contributed by atoms with Gasteiger partial charge in [-0.15, -0.1) is 0 Å². The Morgan fingerprint density at radius 2 is 2.22 bits per heavy atom. The third-order valence-corrected chi connectivity index (χ3v) is 3.18. The van der Waals surface area contributed by atoms with Crippen molar-refractivity contribution in [3.63, 3.8) is 0 Å². The van der Waals surface area contributed by atoms with Gasteiger partial charge in [0.2, 0.25) is 0 Å². The highest BCUT2D eigenvalue weighted by Crippen LogP contribution is 2.24. The van der Waals surface area contributed by atoms with E-state index < -0.39 is 5.60 Å². The van der Waals surface area contributed by atoms with Gasteiger partial charge in [-0.05, 0) is 25.5 Å². The third kappa shape index (κ3) is 2.61. The molecule has 0 aromatic carbocycles. The summed E-state index contributed by atoms with van der Waals surface area (Å²) in [5.74, 6) is 0.755. The van der Waals surface area contributed by atoms with Gasteiger partial charge < -0.3 is 14.9 Å². The van der Waals surface area contributed by atoms with E-state index in [0.717, 1.165) is 18.8 Å². The Hall–Kier alpha value is -1.62. The van der Waals surface area contributed by atoms with Crippen LogP contribution in [0, 0.1) is 0 Å². The van der Waals surface area contributed by atoms with Gasteiger partial charge in [-0.2, -0.15) is 0 Å². The van der Waals surface area contributed by atoms with E-state index in [2.05, 4.69) is 4.98 Å². The van der Waals surface area contributed by atoms with Crippen molar-refractivity contribution in [2.45, 2.75) is 18.9 Å². The van der Waals surface area contributed by atoms with E-state index in [1.54, 1.807) is 26.4 Å². The lowest BCUT2D eigenvalue weighted by Crippen LogP contribution is -2.30. The number of β-amino-alcohol motifs (C(OH)–C–C–N with tert-alkyl or cyclic N) is 1. The van der Waals surface area contributed by atoms with Crippen molar-refractivity contribution < 1.29 is 9.90 Å². The summed E-state index contributed by atoms with van der Waals surface area (Å²) in [5.41, 5.74) is -0.0606. The molecule has 0 aliphatic carbocycles. The summed E-state index contributed by atoms with van der Waals surface area (Å²) in [6.45, 7) is 3.21. The zero-order valence-corrected chi connectivity index (χ0v) is 11.1. The van der Waals surface area contributed by atoms with Crippen molar-refractivity contribution in [1.82, 2.24) is 9.88 Å². The Bertz CT molecular complexity index is 440. The molecule has 2 heterocycles. The van der Waals surface area contributed by atoms with Crippen molar-refractivity contribution in [1.29, 1.82) is 0 Å². The molecule has 1 aliphatic heterocycles. The minimum atomic E-state index is -0.639. The van der Waals surface area contributed by atoms with E-state index in [1.807, 2.05) is 17.9 Å². The van der Waals surface area contributed by atoms with Crippen LogP contribution in [-0.4, -0.2) is 53.7 Å². The van der Waals surface area contributed by atoms with Crippen LogP contribution in [0.5, 0.6) is 0 Å². The average Bonchev–Trinajstić information content (AvgIpc) is 2.69. The van der Waals surface area contributed by atoms with Gasteiger partial charge in [0.05, 0.1) is 11.2 Å². The van der Waals surface area contributed by atoms with Gasteiger partial charge in [0.1, 0.15) is 5.82 Å². The van der Waals surface area contributed by atoms with Gasteiger partial charge in [-0.1, -0.05) is 0 Å². The minimum Gasteiger partial charge on any atom is -0.388 e. The molecule has 1 aromatic heterocycles. The predicted molar refractivity (Wildman–Crippen MR) is 69.7 cm³/mol. The number of carbonyl (C=O) groups excluding carboxylic acids is 1. The molecule has 2 rings (SSSR count). The zero-order valence-electron chi connectivity index (χ0n) is 11.1. The van der Waals surface area contributed by atoms with Gasteiger partial charge >= 0.3 is 0 Å². The summed E-state index contributed by atoms with van der Waals surface area (Å²) in [7, 11) is 3.43. The molecule has 1 saturated heterocycles. The molecule has 0 saturated carbocycles. The normalized spacial score (nSPS) is 23.2. The Morgan fingerprint density at radius 3 is 2.67 bits per heavy atom. The van der Waals surface area contributed by atoms with E-state index in [1.165, 1.54) is 4.90 Å². The molecule has 1 aromatic rings. The molecule has 1 aliphatic rings. The van der Waals surface area contributed by atoms with E-state index >= 15 is 0 Å². The van der Waals surface area contributed by atoms with E-state index in [-0.39, 0.29) is 5.91 Å². The fourth-order valence-electron chi connectivity index (χ4n) is 2.10. The molecule has 18 heavy (non-hydrogen) atoms. The molecule has 1 fully saturated rings. The van der Waals surface area contributed by atoms with E-state index in [0.29, 0.717) is 12.1 Å². The Balaban J connectivity index is 2.11. The summed E-state index contributed by atoms with van der Waals surface area (Å²) in [6, 6.07) is 3.61. The number of amides is 1. The van der Waals surface area contributed by atoms with Gasteiger partial charge in [0.25, 0.3) is 5.91 Å². The van der Waals surface area contributed by atoms with Crippen LogP contribution in [0.1, 0.15) is 23.7 Å². The van der Waals surface area contributed by atoms with E-state index in [4.69, 9.17) is 0 Å². The van der Waals surface area contributed by atoms with Crippen LogP contribution < -0.4 is 4.90 Å². The van der Waals surface area contributed by atoms with Gasteiger partial charge in [0.15, 0.2) is 0 Å². The molecule has 1 amide bonds. The lowest BCUT2D eigenvalue weighted by atomic mass is 10.1. The minimum absolute atomic E-state index is 0.0533. The summed E-state index contributed by atoms with van der Waals surface area (Å²) in [4.78, 5) is 19.6. The highest BCUT2D eigenvalue weighted by atomic mass is 16.3. The second-order valence-corrected chi connectivity index (χ2v) is 5.27. The first-order valence-corrected chi connectivity index (χ1v) is 6.04. The lowest BCUT2D eigenvalue weighted by Gasteiger charge is -2.20. The number of anilines is 1. The number of hydrogen-bond donors (Lipinski definition) is 1. The van der Waals surface area contributed by atoms with Crippen molar-refractivity contribution in [2.75, 3.05) is 32.1 Å². The topological polar surface area (TPSA) is 56.7 Å². The third-order valence-electron chi connectivity index (χ3n) is 3.18. The maximum Gasteiger partial charge on any atom is 0.254 e. The van der Waals surface area contributed by atoms with Crippen molar-refractivity contribution in [3.05, 3.63) is 23.9 Å². The molecule has 0 bridgehead atoms. The molecule has 0 radical (unpaired) electrons. The first-order chi connectivity index (χ1) is 8.39. The van der Waals surface area contributed by atoms with Crippen molar-refractivity contribution >= 4 is 11.7 Å². The van der Waals surface area contributed by atoms with E-state index in [9.17, 15) is 9.90 Å². The number of rotatable bonds is 2. The van der Waals surface area contributed by atoms with Crippen LogP contribution in [0.4, 0.5) is 5.82 Å². The number of carbonyl (C=O) groups is 1. The Kier molecular flexibility index (Phi) is 3.26. The largest absolute Gasteiger partial charge is 0.388 e. The van der Waals surface area contributed by atoms with Crippen molar-refractivity contribution in [3.8, 4) is 0 Å². The first-order valence-electron chi connectivity index (χ1n) is 6.04. The quantitative estimate of drug-likeness (QED) is 0.840. The maximum atomic E-state index is 11.7. The highest BCUT2D eigenvalue weighted by Gasteiger charge is 2.31. The second kappa shape index (κ2) is 4.57. The predicted octanol–water partition coefficient (Wildman–Crippen LogP) is 0.744. The Labute approximate surface area is 107 Å². The molecule has 0 spiro atoms. The average molecular weight is 249 g/mol. The monoisotopic (exact) mass is 249 g/mol. The van der Waals surface area contributed by atoms with Crippen LogP contribution in [0.15, 0.2) is 18.3 Å². The van der Waals surface area contributed by atoms with Crippen molar-refractivity contribution in [2.24, 2.45) is 0 Å². The van der Waals surface area contributed by atoms with Gasteiger partial charge in [0, 0.05) is 33.4 Å². The second-order valence-electron chi connectivity index (χ2n) is 5.27. The molecular weight excluding hydrogens is 230 g/mol. The fraction of sp³-hybridized carbons (Fsp3) is 0.538. The Morgan fingerprint density at radius 1 is 1.50 bits per heavy atom. The molecular formula is C13H19N3O2. The smallest absolute Gasteiger partial charge is 0.254 e. The summed E-state index contributed by atoms with van der Waals surface area (Å²) in [5, 5.41) is 9.91. The number of pyridine rings is 1. The van der Waals surface area contributed by atoms with Gasteiger partial charge in [-0.25, -0.2) is 4.98 Å². The van der Waals surface area contributed by atoms with Gasteiger partial charge in [-0.3, -0.25) is 4.79 Å². The number of aliphatic hydroxyl groups is 1. The highest BCUT2D eigenvalue weighted by molar-refractivity contribution is 5.93. The fourth-order valence-corrected chi connectivity index (χ4v) is 2.10. The summed E-state index contributed by atoms with van der Waals surface area (Å²) >= 11 is 0. The van der Waals surface area contributed by atoms with Crippen LogP contribution in [-0.2, 0) is 0 Å². The summed E-state index contributed by atoms with van der Waals surface area (Å²) in [6.07, 6.45) is 2.33. The molecule has 1 N–H and O–H groups in total. The standard InChI is InChI=1S/C13H19N3O2/c1-13(18)6-7-16(9-13)11-5-4-10(8-14-11)12(17)15(2)3/h4-5,8,18H,6-7,9H2,1-3H3. The molecule has 5 nitrogen and oxygen atoms in total. The molecule has 1 atom stereocenters. The molecule has 1 unspecified atom stereocenters. The number of nitrogens with zero attached hydrogens (tertiary/aromatic N) is 3. The molecule has 98 valence electrons. The summed E-state index contributed by atoms with van der Waals surface area (Å²) < 4.78 is 0. The molecule has 5 heteroatoms. The maximum absolute atomic E-state index is 11.7. The first kappa shape index (κ1) is 12.8.